The first kappa shape index (κ1) is 16.9. The van der Waals surface area contributed by atoms with E-state index in [2.05, 4.69) is 10.4 Å². The van der Waals surface area contributed by atoms with Gasteiger partial charge in [-0.1, -0.05) is 41.4 Å². The van der Waals surface area contributed by atoms with Gasteiger partial charge < -0.3 is 5.32 Å². The second-order valence-corrected chi connectivity index (χ2v) is 6.10. The molecule has 0 saturated carbocycles. The van der Waals surface area contributed by atoms with Crippen molar-refractivity contribution in [3.63, 3.8) is 0 Å². The van der Waals surface area contributed by atoms with Crippen LogP contribution >= 0.6 is 11.6 Å². The van der Waals surface area contributed by atoms with Gasteiger partial charge in [0, 0.05) is 16.8 Å². The number of aryl methyl sites for hydroxylation is 1. The third kappa shape index (κ3) is 4.33. The first-order valence-electron chi connectivity index (χ1n) is 7.72. The fraction of sp³-hybridized carbons (Fsp3) is 0.105. The Morgan fingerprint density at radius 2 is 1.88 bits per heavy atom. The van der Waals surface area contributed by atoms with Crippen molar-refractivity contribution in [1.82, 2.24) is 9.78 Å². The summed E-state index contributed by atoms with van der Waals surface area (Å²) >= 11 is 5.96. The van der Waals surface area contributed by atoms with Crippen molar-refractivity contribution in [3.05, 3.63) is 92.9 Å². The maximum atomic E-state index is 12.4. The number of nitrogens with one attached hydrogen (secondary N) is 1. The lowest BCUT2D eigenvalue weighted by Crippen LogP contribution is -2.26. The molecule has 1 N–H and O–H groups in total. The number of hydrogen-bond acceptors (Lipinski definition) is 3. The topological polar surface area (TPSA) is 64.0 Å². The second kappa shape index (κ2) is 7.32. The second-order valence-electron chi connectivity index (χ2n) is 5.66. The van der Waals surface area contributed by atoms with Crippen LogP contribution in [-0.2, 0) is 6.54 Å². The minimum Gasteiger partial charge on any atom is -0.321 e. The molecule has 0 spiro atoms. The zero-order valence-corrected chi connectivity index (χ0v) is 14.3. The maximum absolute atomic E-state index is 12.4. The van der Waals surface area contributed by atoms with E-state index in [0.717, 1.165) is 11.1 Å². The molecule has 1 aromatic heterocycles. The van der Waals surface area contributed by atoms with Gasteiger partial charge in [0.1, 0.15) is 5.69 Å². The average Bonchev–Trinajstić information content (AvgIpc) is 2.59. The largest absolute Gasteiger partial charge is 0.321 e. The summed E-state index contributed by atoms with van der Waals surface area (Å²) in [5.74, 6) is -0.372. The summed E-state index contributed by atoms with van der Waals surface area (Å²) < 4.78 is 1.25. The zero-order chi connectivity index (χ0) is 17.8. The predicted molar refractivity (Wildman–Crippen MR) is 98.2 cm³/mol. The van der Waals surface area contributed by atoms with Gasteiger partial charge in [-0.05, 0) is 42.8 Å². The highest BCUT2D eigenvalue weighted by atomic mass is 35.5. The monoisotopic (exact) mass is 353 g/mol. The normalized spacial score (nSPS) is 10.5. The Kier molecular flexibility index (Phi) is 4.95. The van der Waals surface area contributed by atoms with Crippen molar-refractivity contribution in [1.29, 1.82) is 0 Å². The lowest BCUT2D eigenvalue weighted by atomic mass is 10.2. The van der Waals surface area contributed by atoms with Crippen molar-refractivity contribution in [2.75, 3.05) is 5.32 Å². The van der Waals surface area contributed by atoms with E-state index in [4.69, 9.17) is 11.6 Å². The minimum absolute atomic E-state index is 0.169. The van der Waals surface area contributed by atoms with Gasteiger partial charge >= 0.3 is 0 Å². The maximum Gasteiger partial charge on any atom is 0.276 e. The summed E-state index contributed by atoms with van der Waals surface area (Å²) in [5, 5.41) is 7.51. The fourth-order valence-electron chi connectivity index (χ4n) is 2.32. The Bertz CT molecular complexity index is 965. The lowest BCUT2D eigenvalue weighted by molar-refractivity contribution is 0.102. The number of hydrogen-bond donors (Lipinski definition) is 1. The Morgan fingerprint density at radius 3 is 2.60 bits per heavy atom. The highest BCUT2D eigenvalue weighted by Gasteiger charge is 2.10. The van der Waals surface area contributed by atoms with E-state index >= 15 is 0 Å². The van der Waals surface area contributed by atoms with Gasteiger partial charge in [-0.2, -0.15) is 5.10 Å². The number of carbonyl (C=O) groups is 1. The molecule has 0 saturated heterocycles. The van der Waals surface area contributed by atoms with Crippen molar-refractivity contribution < 1.29 is 4.79 Å². The van der Waals surface area contributed by atoms with E-state index in [-0.39, 0.29) is 23.7 Å². The van der Waals surface area contributed by atoms with E-state index in [1.54, 1.807) is 18.2 Å². The van der Waals surface area contributed by atoms with Crippen LogP contribution in [-0.4, -0.2) is 15.7 Å². The molecule has 0 aliphatic carbocycles. The molecule has 126 valence electrons. The number of benzene rings is 2. The Labute approximate surface area is 149 Å². The standard InChI is InChI=1S/C19H16ClN3O2/c1-13-5-7-16(8-6-13)21-19(25)17-9-10-18(24)23(22-17)12-14-3-2-4-15(20)11-14/h2-11H,12H2,1H3,(H,21,25). The Morgan fingerprint density at radius 1 is 1.12 bits per heavy atom. The van der Waals surface area contributed by atoms with Gasteiger partial charge in [0.2, 0.25) is 0 Å². The van der Waals surface area contributed by atoms with Crippen LogP contribution in [0.5, 0.6) is 0 Å². The van der Waals surface area contributed by atoms with Gasteiger partial charge in [0.25, 0.3) is 11.5 Å². The van der Waals surface area contributed by atoms with Gasteiger partial charge in [-0.3, -0.25) is 9.59 Å². The summed E-state index contributed by atoms with van der Waals surface area (Å²) in [5.41, 5.74) is 2.49. The molecule has 0 aliphatic heterocycles. The molecule has 0 bridgehead atoms. The van der Waals surface area contributed by atoms with Gasteiger partial charge in [0.15, 0.2) is 0 Å². The molecule has 3 rings (SSSR count). The fourth-order valence-corrected chi connectivity index (χ4v) is 2.54. The molecule has 1 heterocycles. The van der Waals surface area contributed by atoms with Crippen LogP contribution in [0.3, 0.4) is 0 Å². The summed E-state index contributed by atoms with van der Waals surface area (Å²) in [6.07, 6.45) is 0. The number of aromatic nitrogens is 2. The van der Waals surface area contributed by atoms with Crippen LogP contribution in [0.4, 0.5) is 5.69 Å². The Hall–Kier alpha value is -2.92. The van der Waals surface area contributed by atoms with Crippen molar-refractivity contribution in [2.24, 2.45) is 0 Å². The number of nitrogens with zero attached hydrogens (tertiary/aromatic N) is 2. The van der Waals surface area contributed by atoms with Crippen LogP contribution in [0.1, 0.15) is 21.6 Å². The molecular weight excluding hydrogens is 338 g/mol. The molecule has 1 amide bonds. The van der Waals surface area contributed by atoms with Crippen molar-refractivity contribution in [3.8, 4) is 0 Å². The third-order valence-corrected chi connectivity index (χ3v) is 3.87. The van der Waals surface area contributed by atoms with Crippen molar-refractivity contribution >= 4 is 23.2 Å². The minimum atomic E-state index is -0.372. The van der Waals surface area contributed by atoms with E-state index < -0.39 is 0 Å². The van der Waals surface area contributed by atoms with Crippen LogP contribution in [0.15, 0.2) is 65.5 Å². The van der Waals surface area contributed by atoms with Gasteiger partial charge in [0.05, 0.1) is 6.54 Å². The SMILES string of the molecule is Cc1ccc(NC(=O)c2ccc(=O)n(Cc3cccc(Cl)c3)n2)cc1. The molecule has 25 heavy (non-hydrogen) atoms. The quantitative estimate of drug-likeness (QED) is 0.780. The molecule has 6 heteroatoms. The van der Waals surface area contributed by atoms with Crippen LogP contribution < -0.4 is 10.9 Å². The number of amides is 1. The van der Waals surface area contributed by atoms with E-state index in [9.17, 15) is 9.59 Å². The summed E-state index contributed by atoms with van der Waals surface area (Å²) in [6.45, 7) is 2.21. The number of anilines is 1. The Balaban J connectivity index is 1.82. The van der Waals surface area contributed by atoms with E-state index in [0.29, 0.717) is 10.7 Å². The highest BCUT2D eigenvalue weighted by molar-refractivity contribution is 6.30. The van der Waals surface area contributed by atoms with E-state index in [1.807, 2.05) is 37.3 Å². The first-order valence-corrected chi connectivity index (χ1v) is 8.10. The molecule has 0 unspecified atom stereocenters. The predicted octanol–water partition coefficient (Wildman–Crippen LogP) is 3.51. The number of carbonyl (C=O) groups excluding carboxylic acids is 1. The summed E-state index contributed by atoms with van der Waals surface area (Å²) in [4.78, 5) is 24.4. The molecule has 0 atom stereocenters. The molecule has 3 aromatic rings. The molecule has 5 nitrogen and oxygen atoms in total. The van der Waals surface area contributed by atoms with Crippen LogP contribution in [0.2, 0.25) is 5.02 Å². The van der Waals surface area contributed by atoms with E-state index in [1.165, 1.54) is 16.8 Å². The molecule has 0 fully saturated rings. The van der Waals surface area contributed by atoms with Crippen LogP contribution in [0.25, 0.3) is 0 Å². The smallest absolute Gasteiger partial charge is 0.276 e. The van der Waals surface area contributed by atoms with Crippen molar-refractivity contribution in [2.45, 2.75) is 13.5 Å². The number of rotatable bonds is 4. The summed E-state index contributed by atoms with van der Waals surface area (Å²) in [7, 11) is 0. The van der Waals surface area contributed by atoms with Crippen LogP contribution in [0, 0.1) is 6.92 Å². The molecule has 0 radical (unpaired) electrons. The lowest BCUT2D eigenvalue weighted by Gasteiger charge is -2.08. The average molecular weight is 354 g/mol. The first-order chi connectivity index (χ1) is 12.0. The molecular formula is C19H16ClN3O2. The van der Waals surface area contributed by atoms with Gasteiger partial charge in [-0.25, -0.2) is 4.68 Å². The number of halogens is 1. The highest BCUT2D eigenvalue weighted by Crippen LogP contribution is 2.12. The third-order valence-electron chi connectivity index (χ3n) is 3.63. The van der Waals surface area contributed by atoms with Gasteiger partial charge in [-0.15, -0.1) is 0 Å². The zero-order valence-electron chi connectivity index (χ0n) is 13.6. The summed E-state index contributed by atoms with van der Waals surface area (Å²) in [6, 6.07) is 17.4. The molecule has 0 aliphatic rings. The molecule has 2 aromatic carbocycles.